The van der Waals surface area contributed by atoms with Gasteiger partial charge in [0.15, 0.2) is 6.29 Å². The lowest BCUT2D eigenvalue weighted by Gasteiger charge is -2.04. The van der Waals surface area contributed by atoms with Crippen molar-refractivity contribution in [3.8, 4) is 0 Å². The van der Waals surface area contributed by atoms with Crippen LogP contribution in [0.4, 0.5) is 4.39 Å². The molecule has 0 amide bonds. The zero-order valence-corrected chi connectivity index (χ0v) is 8.64. The van der Waals surface area contributed by atoms with Crippen LogP contribution < -0.4 is 0 Å². The Morgan fingerprint density at radius 3 is 2.75 bits per heavy atom. The van der Waals surface area contributed by atoms with Gasteiger partial charge in [-0.25, -0.2) is 9.37 Å². The number of hydrogen-bond acceptors (Lipinski definition) is 2. The van der Waals surface area contributed by atoms with Crippen molar-refractivity contribution in [3.05, 3.63) is 53.9 Å². The molecular formula is C12H11FN2O. The summed E-state index contributed by atoms with van der Waals surface area (Å²) >= 11 is 0. The minimum Gasteiger partial charge on any atom is -0.328 e. The maximum Gasteiger partial charge on any atom is 0.168 e. The highest BCUT2D eigenvalue weighted by Gasteiger charge is 2.00. The summed E-state index contributed by atoms with van der Waals surface area (Å²) in [5.41, 5.74) is 1.59. The molecule has 0 saturated carbocycles. The third kappa shape index (κ3) is 2.34. The van der Waals surface area contributed by atoms with E-state index in [9.17, 15) is 9.18 Å². The molecule has 2 aromatic rings. The van der Waals surface area contributed by atoms with Crippen LogP contribution >= 0.6 is 0 Å². The van der Waals surface area contributed by atoms with Gasteiger partial charge in [-0.15, -0.1) is 0 Å². The van der Waals surface area contributed by atoms with Crippen molar-refractivity contribution in [2.24, 2.45) is 0 Å². The molecule has 0 bridgehead atoms. The average Bonchev–Trinajstić information content (AvgIpc) is 2.76. The Morgan fingerprint density at radius 1 is 1.31 bits per heavy atom. The van der Waals surface area contributed by atoms with Crippen molar-refractivity contribution in [1.82, 2.24) is 9.55 Å². The Balaban J connectivity index is 2.02. The van der Waals surface area contributed by atoms with E-state index in [-0.39, 0.29) is 5.82 Å². The number of halogens is 1. The van der Waals surface area contributed by atoms with Gasteiger partial charge in [-0.05, 0) is 24.1 Å². The fraction of sp³-hybridized carbons (Fsp3) is 0.167. The van der Waals surface area contributed by atoms with Gasteiger partial charge < -0.3 is 4.57 Å². The molecule has 2 rings (SSSR count). The second kappa shape index (κ2) is 4.70. The van der Waals surface area contributed by atoms with Crippen LogP contribution in [0.5, 0.6) is 0 Å². The summed E-state index contributed by atoms with van der Waals surface area (Å²) < 4.78 is 14.4. The zero-order chi connectivity index (χ0) is 11.4. The topological polar surface area (TPSA) is 34.9 Å². The molecule has 0 fully saturated rings. The predicted molar refractivity (Wildman–Crippen MR) is 57.7 cm³/mol. The number of carbonyl (C=O) groups is 1. The molecule has 0 aliphatic carbocycles. The van der Waals surface area contributed by atoms with E-state index in [0.717, 1.165) is 18.3 Å². The first-order valence-electron chi connectivity index (χ1n) is 4.99. The molecule has 1 heterocycles. The number of benzene rings is 1. The van der Waals surface area contributed by atoms with E-state index in [4.69, 9.17) is 0 Å². The first-order valence-corrected chi connectivity index (χ1v) is 4.99. The van der Waals surface area contributed by atoms with Gasteiger partial charge in [-0.1, -0.05) is 12.1 Å². The maximum atomic E-state index is 12.7. The SMILES string of the molecule is O=Cc1cncn1CCc1ccc(F)cc1. The summed E-state index contributed by atoms with van der Waals surface area (Å²) in [5.74, 6) is -0.236. The number of carbonyl (C=O) groups excluding carboxylic acids is 1. The van der Waals surface area contributed by atoms with Gasteiger partial charge in [0.1, 0.15) is 11.5 Å². The lowest BCUT2D eigenvalue weighted by molar-refractivity contribution is 0.111. The monoisotopic (exact) mass is 218 g/mol. The zero-order valence-electron chi connectivity index (χ0n) is 8.64. The van der Waals surface area contributed by atoms with E-state index < -0.39 is 0 Å². The molecule has 3 nitrogen and oxygen atoms in total. The van der Waals surface area contributed by atoms with Crippen LogP contribution in [0.15, 0.2) is 36.8 Å². The van der Waals surface area contributed by atoms with Crippen LogP contribution in [0.3, 0.4) is 0 Å². The average molecular weight is 218 g/mol. The Morgan fingerprint density at radius 2 is 2.06 bits per heavy atom. The Labute approximate surface area is 92.5 Å². The minimum atomic E-state index is -0.236. The number of aldehydes is 1. The van der Waals surface area contributed by atoms with Crippen molar-refractivity contribution in [2.75, 3.05) is 0 Å². The van der Waals surface area contributed by atoms with Crippen LogP contribution in [0.25, 0.3) is 0 Å². The summed E-state index contributed by atoms with van der Waals surface area (Å²) in [6.45, 7) is 0.666. The molecule has 1 aromatic carbocycles. The van der Waals surface area contributed by atoms with E-state index >= 15 is 0 Å². The quantitative estimate of drug-likeness (QED) is 0.736. The molecule has 82 valence electrons. The standard InChI is InChI=1S/C12H11FN2O/c13-11-3-1-10(2-4-11)5-6-15-9-14-7-12(15)8-16/h1-4,7-9H,5-6H2. The van der Waals surface area contributed by atoms with Crippen LogP contribution in [0, 0.1) is 5.82 Å². The summed E-state index contributed by atoms with van der Waals surface area (Å²) in [4.78, 5) is 14.5. The highest BCUT2D eigenvalue weighted by atomic mass is 19.1. The Hall–Kier alpha value is -1.97. The van der Waals surface area contributed by atoms with Crippen molar-refractivity contribution in [3.63, 3.8) is 0 Å². The van der Waals surface area contributed by atoms with Crippen LogP contribution in [0.1, 0.15) is 16.1 Å². The highest BCUT2D eigenvalue weighted by molar-refractivity contribution is 5.71. The smallest absolute Gasteiger partial charge is 0.168 e. The van der Waals surface area contributed by atoms with Crippen LogP contribution in [0.2, 0.25) is 0 Å². The van der Waals surface area contributed by atoms with Crippen molar-refractivity contribution in [2.45, 2.75) is 13.0 Å². The van der Waals surface area contributed by atoms with E-state index in [0.29, 0.717) is 12.2 Å². The largest absolute Gasteiger partial charge is 0.328 e. The maximum absolute atomic E-state index is 12.7. The third-order valence-electron chi connectivity index (χ3n) is 2.42. The molecule has 0 atom stereocenters. The van der Waals surface area contributed by atoms with Crippen LogP contribution in [-0.4, -0.2) is 15.8 Å². The predicted octanol–water partition coefficient (Wildman–Crippen LogP) is 2.08. The summed E-state index contributed by atoms with van der Waals surface area (Å²) in [7, 11) is 0. The summed E-state index contributed by atoms with van der Waals surface area (Å²) in [6, 6.07) is 6.35. The highest BCUT2D eigenvalue weighted by Crippen LogP contribution is 2.05. The van der Waals surface area contributed by atoms with E-state index in [1.807, 2.05) is 0 Å². The number of rotatable bonds is 4. The number of hydrogen-bond donors (Lipinski definition) is 0. The van der Waals surface area contributed by atoms with Crippen LogP contribution in [-0.2, 0) is 13.0 Å². The van der Waals surface area contributed by atoms with Crippen molar-refractivity contribution >= 4 is 6.29 Å². The van der Waals surface area contributed by atoms with Gasteiger partial charge in [-0.3, -0.25) is 4.79 Å². The third-order valence-corrected chi connectivity index (χ3v) is 2.42. The molecule has 0 aliphatic heterocycles. The molecule has 0 unspecified atom stereocenters. The molecule has 4 heteroatoms. The lowest BCUT2D eigenvalue weighted by atomic mass is 10.1. The van der Waals surface area contributed by atoms with E-state index in [2.05, 4.69) is 4.98 Å². The Kier molecular flexibility index (Phi) is 3.10. The minimum absolute atomic E-state index is 0.236. The fourth-order valence-corrected chi connectivity index (χ4v) is 1.52. The summed E-state index contributed by atoms with van der Waals surface area (Å²) in [5, 5.41) is 0. The second-order valence-corrected chi connectivity index (χ2v) is 3.51. The van der Waals surface area contributed by atoms with Crippen molar-refractivity contribution < 1.29 is 9.18 Å². The van der Waals surface area contributed by atoms with E-state index in [1.165, 1.54) is 18.3 Å². The number of imidazole rings is 1. The molecule has 0 spiro atoms. The van der Waals surface area contributed by atoms with Crippen molar-refractivity contribution in [1.29, 1.82) is 0 Å². The van der Waals surface area contributed by atoms with E-state index in [1.54, 1.807) is 23.0 Å². The molecule has 0 N–H and O–H groups in total. The molecule has 1 aromatic heterocycles. The molecule has 0 saturated heterocycles. The molecule has 0 radical (unpaired) electrons. The first-order chi connectivity index (χ1) is 7.79. The lowest BCUT2D eigenvalue weighted by Crippen LogP contribution is -2.03. The van der Waals surface area contributed by atoms with Gasteiger partial charge in [0.05, 0.1) is 12.5 Å². The summed E-state index contributed by atoms with van der Waals surface area (Å²) in [6.07, 6.45) is 4.67. The number of aryl methyl sites for hydroxylation is 2. The normalized spacial score (nSPS) is 10.3. The Bertz CT molecular complexity index is 476. The fourth-order valence-electron chi connectivity index (χ4n) is 1.52. The van der Waals surface area contributed by atoms with Gasteiger partial charge in [0.25, 0.3) is 0 Å². The first kappa shape index (κ1) is 10.5. The second-order valence-electron chi connectivity index (χ2n) is 3.51. The molecular weight excluding hydrogens is 207 g/mol. The van der Waals surface area contributed by atoms with Gasteiger partial charge >= 0.3 is 0 Å². The van der Waals surface area contributed by atoms with Gasteiger partial charge in [0, 0.05) is 6.54 Å². The van der Waals surface area contributed by atoms with Gasteiger partial charge in [0.2, 0.25) is 0 Å². The van der Waals surface area contributed by atoms with Gasteiger partial charge in [-0.2, -0.15) is 0 Å². The number of nitrogens with zero attached hydrogens (tertiary/aromatic N) is 2. The molecule has 16 heavy (non-hydrogen) atoms. The molecule has 0 aliphatic rings. The number of aromatic nitrogens is 2.